The van der Waals surface area contributed by atoms with Crippen molar-refractivity contribution in [3.8, 4) is 11.6 Å². The van der Waals surface area contributed by atoms with E-state index < -0.39 is 0 Å². The van der Waals surface area contributed by atoms with E-state index in [2.05, 4.69) is 5.10 Å². The summed E-state index contributed by atoms with van der Waals surface area (Å²) in [5.74, 6) is 1.36. The zero-order chi connectivity index (χ0) is 14.0. The molecule has 2 N–H and O–H groups in total. The van der Waals surface area contributed by atoms with Crippen molar-refractivity contribution >= 4 is 11.4 Å². The second-order valence-corrected chi connectivity index (χ2v) is 4.61. The average molecular weight is 260 g/mol. The molecular formula is C14H20N4O. The van der Waals surface area contributed by atoms with E-state index in [1.165, 1.54) is 0 Å². The second kappa shape index (κ2) is 5.22. The molecule has 2 aromatic rings. The number of anilines is 2. The van der Waals surface area contributed by atoms with Crippen LogP contribution in [-0.2, 0) is 6.54 Å². The van der Waals surface area contributed by atoms with E-state index in [-0.39, 0.29) is 0 Å². The van der Waals surface area contributed by atoms with Crippen LogP contribution in [0.25, 0.3) is 0 Å². The Balaban J connectivity index is 2.33. The Kier molecular flexibility index (Phi) is 3.64. The number of nitrogen functional groups attached to an aromatic ring is 1. The van der Waals surface area contributed by atoms with Crippen molar-refractivity contribution in [2.24, 2.45) is 0 Å². The molecule has 1 heterocycles. The van der Waals surface area contributed by atoms with Gasteiger partial charge in [0, 0.05) is 32.4 Å². The Morgan fingerprint density at radius 3 is 2.74 bits per heavy atom. The van der Waals surface area contributed by atoms with Gasteiger partial charge < -0.3 is 15.4 Å². The zero-order valence-electron chi connectivity index (χ0n) is 11.8. The number of hydrogen-bond acceptors (Lipinski definition) is 4. The molecule has 5 nitrogen and oxygen atoms in total. The van der Waals surface area contributed by atoms with Gasteiger partial charge in [0.2, 0.25) is 5.88 Å². The summed E-state index contributed by atoms with van der Waals surface area (Å²) < 4.78 is 7.66. The minimum absolute atomic E-state index is 0.595. The maximum absolute atomic E-state index is 6.01. The number of nitrogens with two attached hydrogens (primary N) is 1. The number of benzene rings is 1. The molecule has 0 unspecified atom stereocenters. The topological polar surface area (TPSA) is 56.3 Å². The number of rotatable bonds is 4. The van der Waals surface area contributed by atoms with Gasteiger partial charge in [-0.3, -0.25) is 0 Å². The first-order chi connectivity index (χ1) is 9.02. The maximum Gasteiger partial charge on any atom is 0.241 e. The van der Waals surface area contributed by atoms with E-state index >= 15 is 0 Å². The smallest absolute Gasteiger partial charge is 0.241 e. The van der Waals surface area contributed by atoms with Crippen LogP contribution < -0.4 is 15.4 Å². The molecule has 0 atom stereocenters. The Morgan fingerprint density at radius 1 is 1.37 bits per heavy atom. The van der Waals surface area contributed by atoms with Gasteiger partial charge in [-0.15, -0.1) is 0 Å². The van der Waals surface area contributed by atoms with Crippen LogP contribution in [0.5, 0.6) is 11.6 Å². The lowest BCUT2D eigenvalue weighted by Gasteiger charge is -2.14. The molecule has 0 fully saturated rings. The molecule has 0 aliphatic carbocycles. The highest BCUT2D eigenvalue weighted by molar-refractivity contribution is 5.55. The standard InChI is InChI=1S/C14H20N4O/c1-5-18-14(13(15)10(2)16-18)19-12-8-6-7-11(9-12)17(3)4/h6-9H,5,15H2,1-4H3. The number of aromatic nitrogens is 2. The van der Waals surface area contributed by atoms with E-state index in [1.54, 1.807) is 4.68 Å². The summed E-state index contributed by atoms with van der Waals surface area (Å²) in [6, 6.07) is 7.87. The number of hydrogen-bond donors (Lipinski definition) is 1. The van der Waals surface area contributed by atoms with Crippen molar-refractivity contribution in [2.75, 3.05) is 24.7 Å². The lowest BCUT2D eigenvalue weighted by Crippen LogP contribution is -2.08. The predicted octanol–water partition coefficient (Wildman–Crippen LogP) is 2.65. The van der Waals surface area contributed by atoms with Crippen LogP contribution >= 0.6 is 0 Å². The van der Waals surface area contributed by atoms with Crippen molar-refractivity contribution < 1.29 is 4.74 Å². The minimum Gasteiger partial charge on any atom is -0.437 e. The SMILES string of the molecule is CCn1nc(C)c(N)c1Oc1cccc(N(C)C)c1. The summed E-state index contributed by atoms with van der Waals surface area (Å²) in [7, 11) is 3.99. The molecule has 0 amide bonds. The van der Waals surface area contributed by atoms with E-state index in [0.717, 1.165) is 23.7 Å². The van der Waals surface area contributed by atoms with Crippen molar-refractivity contribution in [1.82, 2.24) is 9.78 Å². The van der Waals surface area contributed by atoms with Crippen LogP contribution in [0.4, 0.5) is 11.4 Å². The molecule has 0 spiro atoms. The van der Waals surface area contributed by atoms with E-state index in [1.807, 2.05) is 57.1 Å². The average Bonchev–Trinajstić information content (AvgIpc) is 2.67. The van der Waals surface area contributed by atoms with Crippen LogP contribution in [0.1, 0.15) is 12.6 Å². The third-order valence-corrected chi connectivity index (χ3v) is 2.97. The molecular weight excluding hydrogens is 240 g/mol. The van der Waals surface area contributed by atoms with Gasteiger partial charge in [-0.05, 0) is 26.0 Å². The molecule has 0 radical (unpaired) electrons. The molecule has 0 saturated carbocycles. The summed E-state index contributed by atoms with van der Waals surface area (Å²) in [6.45, 7) is 4.61. The van der Waals surface area contributed by atoms with E-state index in [9.17, 15) is 0 Å². The van der Waals surface area contributed by atoms with Gasteiger partial charge in [0.1, 0.15) is 11.4 Å². The van der Waals surface area contributed by atoms with Gasteiger partial charge in [0.25, 0.3) is 0 Å². The van der Waals surface area contributed by atoms with Crippen LogP contribution in [0.3, 0.4) is 0 Å². The molecule has 1 aromatic carbocycles. The quantitative estimate of drug-likeness (QED) is 0.918. The Hall–Kier alpha value is -2.17. The first kappa shape index (κ1) is 13.3. The molecule has 0 saturated heterocycles. The second-order valence-electron chi connectivity index (χ2n) is 4.61. The monoisotopic (exact) mass is 260 g/mol. The van der Waals surface area contributed by atoms with E-state index in [0.29, 0.717) is 11.6 Å². The lowest BCUT2D eigenvalue weighted by atomic mass is 10.3. The number of aryl methyl sites for hydroxylation is 2. The van der Waals surface area contributed by atoms with Gasteiger partial charge in [-0.2, -0.15) is 5.10 Å². The summed E-state index contributed by atoms with van der Waals surface area (Å²) in [5, 5.41) is 4.34. The molecule has 0 aliphatic heterocycles. The van der Waals surface area contributed by atoms with Crippen molar-refractivity contribution in [1.29, 1.82) is 0 Å². The highest BCUT2D eigenvalue weighted by Crippen LogP contribution is 2.31. The predicted molar refractivity (Wildman–Crippen MR) is 77.9 cm³/mol. The number of nitrogens with zero attached hydrogens (tertiary/aromatic N) is 3. The van der Waals surface area contributed by atoms with Crippen LogP contribution in [0, 0.1) is 6.92 Å². The zero-order valence-corrected chi connectivity index (χ0v) is 11.8. The summed E-state index contributed by atoms with van der Waals surface area (Å²) >= 11 is 0. The Labute approximate surface area is 113 Å². The molecule has 5 heteroatoms. The largest absolute Gasteiger partial charge is 0.437 e. The van der Waals surface area contributed by atoms with Crippen LogP contribution in [-0.4, -0.2) is 23.9 Å². The third kappa shape index (κ3) is 2.65. The summed E-state index contributed by atoms with van der Waals surface area (Å²) in [4.78, 5) is 2.03. The summed E-state index contributed by atoms with van der Waals surface area (Å²) in [5.41, 5.74) is 8.47. The number of ether oxygens (including phenoxy) is 1. The molecule has 0 bridgehead atoms. The molecule has 1 aromatic heterocycles. The Bertz CT molecular complexity index is 575. The van der Waals surface area contributed by atoms with Crippen molar-refractivity contribution in [3.63, 3.8) is 0 Å². The molecule has 0 aliphatic rings. The maximum atomic E-state index is 6.01. The molecule has 2 rings (SSSR count). The van der Waals surface area contributed by atoms with Gasteiger partial charge in [0.05, 0.1) is 5.69 Å². The fourth-order valence-corrected chi connectivity index (χ4v) is 1.83. The lowest BCUT2D eigenvalue weighted by molar-refractivity contribution is 0.418. The van der Waals surface area contributed by atoms with Crippen LogP contribution in [0.2, 0.25) is 0 Å². The van der Waals surface area contributed by atoms with Gasteiger partial charge in [-0.1, -0.05) is 6.07 Å². The first-order valence-corrected chi connectivity index (χ1v) is 6.31. The van der Waals surface area contributed by atoms with E-state index in [4.69, 9.17) is 10.5 Å². The Morgan fingerprint density at radius 2 is 2.11 bits per heavy atom. The highest BCUT2D eigenvalue weighted by Gasteiger charge is 2.14. The fraction of sp³-hybridized carbons (Fsp3) is 0.357. The van der Waals surface area contributed by atoms with Crippen LogP contribution in [0.15, 0.2) is 24.3 Å². The first-order valence-electron chi connectivity index (χ1n) is 6.31. The van der Waals surface area contributed by atoms with Gasteiger partial charge in [-0.25, -0.2) is 4.68 Å². The fourth-order valence-electron chi connectivity index (χ4n) is 1.83. The van der Waals surface area contributed by atoms with Gasteiger partial charge in [0.15, 0.2) is 0 Å². The minimum atomic E-state index is 0.595. The highest BCUT2D eigenvalue weighted by atomic mass is 16.5. The molecule has 102 valence electrons. The van der Waals surface area contributed by atoms with Crippen molar-refractivity contribution in [2.45, 2.75) is 20.4 Å². The van der Waals surface area contributed by atoms with Gasteiger partial charge >= 0.3 is 0 Å². The summed E-state index contributed by atoms with van der Waals surface area (Å²) in [6.07, 6.45) is 0. The van der Waals surface area contributed by atoms with Crippen molar-refractivity contribution in [3.05, 3.63) is 30.0 Å². The third-order valence-electron chi connectivity index (χ3n) is 2.97. The normalized spacial score (nSPS) is 10.5. The molecule has 19 heavy (non-hydrogen) atoms.